The number of benzene rings is 1. The fourth-order valence-corrected chi connectivity index (χ4v) is 7.35. The van der Waals surface area contributed by atoms with Gasteiger partial charge in [0.25, 0.3) is 0 Å². The molecule has 0 heterocycles. The van der Waals surface area contributed by atoms with E-state index in [1.165, 1.54) is 5.56 Å². The van der Waals surface area contributed by atoms with Crippen LogP contribution in [0.4, 0.5) is 0 Å². The molecular weight excluding hydrogens is 557 g/mol. The summed E-state index contributed by atoms with van der Waals surface area (Å²) in [7, 11) is -4.17. The average molecular weight is 621 g/mol. The molecule has 0 aliphatic carbocycles. The van der Waals surface area contributed by atoms with E-state index in [1.54, 1.807) is 0 Å². The molecule has 0 bridgehead atoms. The van der Waals surface area contributed by atoms with Gasteiger partial charge in [0.15, 0.2) is 16.6 Å². The predicted molar refractivity (Wildman–Crippen MR) is 183 cm³/mol. The quantitative estimate of drug-likeness (QED) is 0.0751. The number of ether oxygens (including phenoxy) is 2. The average Bonchev–Trinajstić information content (AvgIpc) is 2.88. The topological polar surface area (TPSA) is 54.0 Å². The lowest BCUT2D eigenvalue weighted by molar-refractivity contribution is -0.138. The maximum atomic E-state index is 12.4. The summed E-state index contributed by atoms with van der Waals surface area (Å²) in [5, 5.41) is 0.169. The van der Waals surface area contributed by atoms with Crippen molar-refractivity contribution in [1.29, 1.82) is 0 Å². The molecule has 0 unspecified atom stereocenters. The van der Waals surface area contributed by atoms with E-state index in [0.717, 1.165) is 19.4 Å². The Hall–Kier alpha value is -1.26. The minimum absolute atomic E-state index is 0.0334. The van der Waals surface area contributed by atoms with Crippen LogP contribution in [0.1, 0.15) is 94.1 Å². The standard InChI is InChI=1S/C35H64O5Si2/c1-15-38-33(36)28(3)23-24-31(39-41(11,12)34(5,6)7)29(4)32(40-42(13,14)35(8,9)10)27(2)20-19-25-37-26-30-21-17-16-18-22-30/h16-18,21-23,27,29,31-32H,15,19-20,24-26H2,1-14H3/b28-23+/t27-,29+,31+,32+/m1/s1. The fraction of sp³-hybridized carbons (Fsp3) is 0.743. The number of hydrogen-bond acceptors (Lipinski definition) is 5. The summed E-state index contributed by atoms with van der Waals surface area (Å²) in [6.45, 7) is 33.1. The van der Waals surface area contributed by atoms with Gasteiger partial charge in [0.1, 0.15) is 0 Å². The highest BCUT2D eigenvalue weighted by Gasteiger charge is 2.45. The van der Waals surface area contributed by atoms with Gasteiger partial charge in [0.05, 0.1) is 25.4 Å². The molecule has 0 aliphatic heterocycles. The molecule has 1 rings (SSSR count). The van der Waals surface area contributed by atoms with Crippen molar-refractivity contribution in [3.63, 3.8) is 0 Å². The van der Waals surface area contributed by atoms with Gasteiger partial charge in [0.2, 0.25) is 0 Å². The Bertz CT molecular complexity index is 960. The predicted octanol–water partition coefficient (Wildman–Crippen LogP) is 9.94. The van der Waals surface area contributed by atoms with Crippen molar-refractivity contribution in [2.45, 2.75) is 144 Å². The maximum absolute atomic E-state index is 12.4. The van der Waals surface area contributed by atoms with Crippen molar-refractivity contribution in [2.24, 2.45) is 11.8 Å². The van der Waals surface area contributed by atoms with Gasteiger partial charge in [-0.3, -0.25) is 0 Å². The Morgan fingerprint density at radius 3 is 1.98 bits per heavy atom. The van der Waals surface area contributed by atoms with Crippen LogP contribution in [0.25, 0.3) is 0 Å². The van der Waals surface area contributed by atoms with Crippen LogP contribution in [0.3, 0.4) is 0 Å². The van der Waals surface area contributed by atoms with Gasteiger partial charge in [-0.15, -0.1) is 0 Å². The van der Waals surface area contributed by atoms with Gasteiger partial charge in [-0.25, -0.2) is 4.79 Å². The van der Waals surface area contributed by atoms with Crippen LogP contribution in [-0.2, 0) is 29.7 Å². The second-order valence-electron chi connectivity index (χ2n) is 15.1. The van der Waals surface area contributed by atoms with E-state index >= 15 is 0 Å². The summed E-state index contributed by atoms with van der Waals surface area (Å²) in [5.41, 5.74) is 1.84. The molecule has 0 radical (unpaired) electrons. The van der Waals surface area contributed by atoms with E-state index in [0.29, 0.717) is 31.1 Å². The van der Waals surface area contributed by atoms with Crippen LogP contribution in [0, 0.1) is 11.8 Å². The summed E-state index contributed by atoms with van der Waals surface area (Å²) < 4.78 is 25.7. The Labute approximate surface area is 261 Å². The zero-order valence-corrected chi connectivity index (χ0v) is 31.6. The Morgan fingerprint density at radius 1 is 0.905 bits per heavy atom. The van der Waals surface area contributed by atoms with Crippen LogP contribution >= 0.6 is 0 Å². The van der Waals surface area contributed by atoms with Crippen molar-refractivity contribution in [1.82, 2.24) is 0 Å². The van der Waals surface area contributed by atoms with Crippen molar-refractivity contribution in [2.75, 3.05) is 13.2 Å². The molecule has 4 atom stereocenters. The molecule has 0 spiro atoms. The molecule has 42 heavy (non-hydrogen) atoms. The second kappa shape index (κ2) is 16.7. The van der Waals surface area contributed by atoms with Crippen molar-refractivity contribution in [3.05, 3.63) is 47.5 Å². The number of esters is 1. The first-order valence-corrected chi connectivity index (χ1v) is 21.9. The van der Waals surface area contributed by atoms with Gasteiger partial charge in [0, 0.05) is 18.1 Å². The molecule has 0 aromatic heterocycles. The van der Waals surface area contributed by atoms with Gasteiger partial charge in [-0.1, -0.05) is 91.8 Å². The number of carbonyl (C=O) groups is 1. The number of rotatable bonds is 17. The molecule has 1 aromatic carbocycles. The van der Waals surface area contributed by atoms with Gasteiger partial charge < -0.3 is 18.3 Å². The normalized spacial score (nSPS) is 16.6. The molecule has 0 N–H and O–H groups in total. The fourth-order valence-electron chi connectivity index (χ4n) is 4.45. The minimum Gasteiger partial charge on any atom is -0.463 e. The SMILES string of the molecule is CCOC(=O)/C(C)=C/C[C@H](O[Si](C)(C)C(C)(C)C)[C@H](C)[C@@H](O[Si](C)(C)C(C)(C)C)[C@H](C)CCCOCc1ccccc1. The summed E-state index contributed by atoms with van der Waals surface area (Å²) in [5.74, 6) is 0.212. The molecule has 242 valence electrons. The van der Waals surface area contributed by atoms with Gasteiger partial charge in [-0.2, -0.15) is 0 Å². The van der Waals surface area contributed by atoms with Crippen LogP contribution in [0.2, 0.25) is 36.3 Å². The molecule has 0 fully saturated rings. The smallest absolute Gasteiger partial charge is 0.333 e. The minimum atomic E-state index is -2.10. The first-order valence-electron chi connectivity index (χ1n) is 16.0. The Morgan fingerprint density at radius 2 is 1.45 bits per heavy atom. The highest BCUT2D eigenvalue weighted by atomic mass is 28.4. The van der Waals surface area contributed by atoms with Crippen LogP contribution in [0.5, 0.6) is 0 Å². The number of carbonyl (C=O) groups excluding carboxylic acids is 1. The highest BCUT2D eigenvalue weighted by molar-refractivity contribution is 6.74. The third-order valence-electron chi connectivity index (χ3n) is 9.47. The Balaban J connectivity index is 3.24. The van der Waals surface area contributed by atoms with E-state index in [2.05, 4.69) is 106 Å². The zero-order valence-electron chi connectivity index (χ0n) is 29.6. The molecule has 1 aromatic rings. The third-order valence-corrected chi connectivity index (χ3v) is 18.4. The molecule has 5 nitrogen and oxygen atoms in total. The first kappa shape index (κ1) is 38.8. The summed E-state index contributed by atoms with van der Waals surface area (Å²) >= 11 is 0. The lowest BCUT2D eigenvalue weighted by Gasteiger charge is -2.46. The Kier molecular flexibility index (Phi) is 15.4. The monoisotopic (exact) mass is 620 g/mol. The van der Waals surface area contributed by atoms with E-state index in [-0.39, 0.29) is 34.2 Å². The third kappa shape index (κ3) is 12.4. The van der Waals surface area contributed by atoms with Crippen LogP contribution < -0.4 is 0 Å². The van der Waals surface area contributed by atoms with E-state index < -0.39 is 16.6 Å². The lowest BCUT2D eigenvalue weighted by atomic mass is 9.85. The highest BCUT2D eigenvalue weighted by Crippen LogP contribution is 2.43. The van der Waals surface area contributed by atoms with Gasteiger partial charge >= 0.3 is 5.97 Å². The molecule has 0 saturated heterocycles. The summed E-state index contributed by atoms with van der Waals surface area (Å²) in [6.07, 6.45) is 4.63. The lowest BCUT2D eigenvalue weighted by Crippen LogP contribution is -2.52. The molecular formula is C35H64O5Si2. The molecule has 7 heteroatoms. The van der Waals surface area contributed by atoms with Crippen molar-refractivity contribution < 1.29 is 23.1 Å². The van der Waals surface area contributed by atoms with E-state index in [9.17, 15) is 4.79 Å². The first-order chi connectivity index (χ1) is 19.2. The van der Waals surface area contributed by atoms with E-state index in [1.807, 2.05) is 26.0 Å². The largest absolute Gasteiger partial charge is 0.463 e. The zero-order chi connectivity index (χ0) is 32.4. The van der Waals surface area contributed by atoms with Crippen LogP contribution in [-0.4, -0.2) is 48.0 Å². The van der Waals surface area contributed by atoms with Crippen LogP contribution in [0.15, 0.2) is 42.0 Å². The summed E-state index contributed by atoms with van der Waals surface area (Å²) in [4.78, 5) is 12.4. The maximum Gasteiger partial charge on any atom is 0.333 e. The number of hydrogen-bond donors (Lipinski definition) is 0. The van der Waals surface area contributed by atoms with Crippen molar-refractivity contribution >= 4 is 22.6 Å². The second-order valence-corrected chi connectivity index (χ2v) is 24.6. The van der Waals surface area contributed by atoms with Gasteiger partial charge in [-0.05, 0) is 80.9 Å². The molecule has 0 amide bonds. The summed E-state index contributed by atoms with van der Waals surface area (Å²) in [6, 6.07) is 10.3. The molecule has 0 saturated carbocycles. The van der Waals surface area contributed by atoms with Crippen molar-refractivity contribution in [3.8, 4) is 0 Å². The molecule has 0 aliphatic rings. The van der Waals surface area contributed by atoms with E-state index in [4.69, 9.17) is 18.3 Å².